The van der Waals surface area contributed by atoms with Crippen molar-refractivity contribution in [3.63, 3.8) is 0 Å². The van der Waals surface area contributed by atoms with E-state index in [0.717, 1.165) is 31.7 Å². The second kappa shape index (κ2) is 9.45. The fourth-order valence-electron chi connectivity index (χ4n) is 1.55. The lowest BCUT2D eigenvalue weighted by Gasteiger charge is -2.11. The van der Waals surface area contributed by atoms with Gasteiger partial charge >= 0.3 is 0 Å². The number of aromatic amines is 1. The molecule has 21 heavy (non-hydrogen) atoms. The Bertz CT molecular complexity index is 525. The Morgan fingerprint density at radius 1 is 0.857 bits per heavy atom. The smallest absolute Gasteiger partial charge is 0.180 e. The van der Waals surface area contributed by atoms with Crippen LogP contribution in [-0.4, -0.2) is 56.3 Å². The average molecular weight is 286 g/mol. The fourth-order valence-corrected chi connectivity index (χ4v) is 1.55. The predicted molar refractivity (Wildman–Crippen MR) is 79.5 cm³/mol. The number of H-pyrrole nitrogens is 1. The molecule has 0 aliphatic carbocycles. The van der Waals surface area contributed by atoms with Crippen LogP contribution in [0.1, 0.15) is 0 Å². The van der Waals surface area contributed by atoms with Crippen LogP contribution >= 0.6 is 0 Å². The van der Waals surface area contributed by atoms with E-state index in [-0.39, 0.29) is 0 Å². The van der Waals surface area contributed by atoms with Crippen LogP contribution in [0, 0.1) is 0 Å². The van der Waals surface area contributed by atoms with Crippen molar-refractivity contribution in [1.82, 2.24) is 40.8 Å². The maximum Gasteiger partial charge on any atom is 0.180 e. The van der Waals surface area contributed by atoms with Gasteiger partial charge in [-0.25, -0.2) is 15.0 Å². The van der Waals surface area contributed by atoms with Crippen molar-refractivity contribution in [1.29, 1.82) is 0 Å². The highest BCUT2D eigenvalue weighted by Crippen LogP contribution is 1.99. The third-order valence-electron chi connectivity index (χ3n) is 2.54. The van der Waals surface area contributed by atoms with E-state index in [0.29, 0.717) is 5.65 Å². The van der Waals surface area contributed by atoms with Crippen molar-refractivity contribution in [2.24, 2.45) is 0 Å². The number of hydrogen-bond acceptors (Lipinski definition) is 7. The molecule has 3 aromatic rings. The molecule has 0 saturated carbocycles. The highest BCUT2D eigenvalue weighted by molar-refractivity contribution is 5.67. The molecule has 1 aliphatic heterocycles. The van der Waals surface area contributed by atoms with Crippen LogP contribution in [0.4, 0.5) is 0 Å². The molecule has 3 N–H and O–H groups in total. The number of nitrogens with zero attached hydrogens (tertiary/aromatic N) is 5. The average Bonchev–Trinajstić information content (AvgIpc) is 3.08. The second-order valence-electron chi connectivity index (χ2n) is 4.08. The number of hydrogen-bond donors (Lipinski definition) is 3. The Morgan fingerprint density at radius 3 is 2.00 bits per heavy atom. The molecule has 1 aliphatic rings. The van der Waals surface area contributed by atoms with Gasteiger partial charge in [-0.15, -0.1) is 0 Å². The van der Waals surface area contributed by atoms with Crippen molar-refractivity contribution in [3.05, 3.63) is 43.4 Å². The van der Waals surface area contributed by atoms with Gasteiger partial charge in [-0.05, 0) is 12.1 Å². The maximum atomic E-state index is 3.91. The highest BCUT2D eigenvalue weighted by Gasteiger charge is 1.92. The van der Waals surface area contributed by atoms with Crippen LogP contribution in [0.25, 0.3) is 11.2 Å². The lowest BCUT2D eigenvalue weighted by molar-refractivity contribution is 0.534. The molecule has 110 valence electrons. The summed E-state index contributed by atoms with van der Waals surface area (Å²) in [5.74, 6) is 0. The van der Waals surface area contributed by atoms with Crippen LogP contribution in [0.5, 0.6) is 0 Å². The Kier molecular flexibility index (Phi) is 6.73. The standard InChI is InChI=1S/C5H4N4.C4H10N2.C4H4N2/c1-4-5(8-2-6-1)9-3-7-4;1-2-6-4-3-5-1;1-2-4-6-5-3-1/h1-3H,(H,6,7,8,9);5-6H,1-4H2;1-4H. The molecule has 3 aromatic heterocycles. The third-order valence-corrected chi connectivity index (χ3v) is 2.54. The molecule has 0 aromatic carbocycles. The molecule has 1 saturated heterocycles. The van der Waals surface area contributed by atoms with Gasteiger partial charge in [0.1, 0.15) is 11.8 Å². The SMILES string of the molecule is C1CNCCN1.c1ccnnc1.c1ncc2[nH]cnc2n1. The Labute approximate surface area is 122 Å². The van der Waals surface area contributed by atoms with Crippen LogP contribution in [0.3, 0.4) is 0 Å². The Balaban J connectivity index is 0.000000120. The summed E-state index contributed by atoms with van der Waals surface area (Å²) in [6.07, 6.45) is 8.04. The minimum atomic E-state index is 0.713. The summed E-state index contributed by atoms with van der Waals surface area (Å²) in [7, 11) is 0. The number of piperazine rings is 1. The maximum absolute atomic E-state index is 3.91. The topological polar surface area (TPSA) is 104 Å². The first-order valence-electron chi connectivity index (χ1n) is 6.69. The van der Waals surface area contributed by atoms with Gasteiger partial charge in [-0.3, -0.25) is 0 Å². The van der Waals surface area contributed by atoms with E-state index in [2.05, 4.69) is 40.8 Å². The summed E-state index contributed by atoms with van der Waals surface area (Å²) in [5, 5.41) is 13.5. The van der Waals surface area contributed by atoms with Gasteiger partial charge in [-0.1, -0.05) is 0 Å². The van der Waals surface area contributed by atoms with Crippen LogP contribution in [-0.2, 0) is 0 Å². The van der Waals surface area contributed by atoms with Gasteiger partial charge < -0.3 is 15.6 Å². The number of fused-ring (bicyclic) bond motifs is 1. The molecule has 4 heterocycles. The summed E-state index contributed by atoms with van der Waals surface area (Å²) in [4.78, 5) is 14.5. The summed E-state index contributed by atoms with van der Waals surface area (Å²) in [6.45, 7) is 4.56. The summed E-state index contributed by atoms with van der Waals surface area (Å²) in [6, 6.07) is 3.65. The first-order valence-corrected chi connectivity index (χ1v) is 6.69. The van der Waals surface area contributed by atoms with E-state index in [1.165, 1.54) is 6.33 Å². The number of imidazole rings is 1. The zero-order valence-corrected chi connectivity index (χ0v) is 11.6. The number of aromatic nitrogens is 6. The van der Waals surface area contributed by atoms with Crippen molar-refractivity contribution in [2.45, 2.75) is 0 Å². The van der Waals surface area contributed by atoms with E-state index in [4.69, 9.17) is 0 Å². The van der Waals surface area contributed by atoms with E-state index >= 15 is 0 Å². The molecule has 8 heteroatoms. The van der Waals surface area contributed by atoms with Crippen molar-refractivity contribution in [2.75, 3.05) is 26.2 Å². The monoisotopic (exact) mass is 286 g/mol. The first-order chi connectivity index (χ1) is 10.5. The summed E-state index contributed by atoms with van der Waals surface area (Å²) < 4.78 is 0. The zero-order chi connectivity index (χ0) is 14.6. The van der Waals surface area contributed by atoms with E-state index in [9.17, 15) is 0 Å². The fraction of sp³-hybridized carbons (Fsp3) is 0.308. The molecule has 1 fully saturated rings. The largest absolute Gasteiger partial charge is 0.342 e. The van der Waals surface area contributed by atoms with Gasteiger partial charge in [-0.2, -0.15) is 10.2 Å². The molecule has 0 atom stereocenters. The molecule has 0 spiro atoms. The molecule has 8 nitrogen and oxygen atoms in total. The van der Waals surface area contributed by atoms with Gasteiger partial charge in [0.05, 0.1) is 12.5 Å². The Hall–Kier alpha value is -2.45. The summed E-state index contributed by atoms with van der Waals surface area (Å²) >= 11 is 0. The first kappa shape index (κ1) is 14.9. The van der Waals surface area contributed by atoms with E-state index in [1.54, 1.807) is 24.9 Å². The van der Waals surface area contributed by atoms with Gasteiger partial charge in [0.25, 0.3) is 0 Å². The molecule has 0 radical (unpaired) electrons. The number of rotatable bonds is 0. The van der Waals surface area contributed by atoms with Gasteiger partial charge in [0, 0.05) is 38.6 Å². The van der Waals surface area contributed by atoms with Crippen LogP contribution < -0.4 is 10.6 Å². The predicted octanol–water partition coefficient (Wildman–Crippen LogP) is 0.00870. The Morgan fingerprint density at radius 2 is 1.52 bits per heavy atom. The molecule has 0 unspecified atom stereocenters. The van der Waals surface area contributed by atoms with Crippen LogP contribution in [0.15, 0.2) is 43.4 Å². The molecule has 0 amide bonds. The molecular formula is C13H18N8. The quantitative estimate of drug-likeness (QED) is 0.534. The van der Waals surface area contributed by atoms with E-state index in [1.807, 2.05) is 12.1 Å². The lowest BCUT2D eigenvalue weighted by Crippen LogP contribution is -2.39. The third kappa shape index (κ3) is 6.02. The summed E-state index contributed by atoms with van der Waals surface area (Å²) in [5.41, 5.74) is 1.59. The van der Waals surface area contributed by atoms with Crippen molar-refractivity contribution >= 4 is 11.2 Å². The van der Waals surface area contributed by atoms with E-state index < -0.39 is 0 Å². The second-order valence-corrected chi connectivity index (χ2v) is 4.08. The molecule has 0 bridgehead atoms. The van der Waals surface area contributed by atoms with Crippen molar-refractivity contribution < 1.29 is 0 Å². The zero-order valence-electron chi connectivity index (χ0n) is 11.6. The molecule has 4 rings (SSSR count). The van der Waals surface area contributed by atoms with Crippen molar-refractivity contribution in [3.8, 4) is 0 Å². The number of nitrogens with one attached hydrogen (secondary N) is 3. The lowest BCUT2D eigenvalue weighted by atomic mass is 10.4. The highest BCUT2D eigenvalue weighted by atomic mass is 15.1. The van der Waals surface area contributed by atoms with Gasteiger partial charge in [0.2, 0.25) is 0 Å². The molecular weight excluding hydrogens is 268 g/mol. The minimum Gasteiger partial charge on any atom is -0.342 e. The van der Waals surface area contributed by atoms with Crippen LogP contribution in [0.2, 0.25) is 0 Å². The van der Waals surface area contributed by atoms with Gasteiger partial charge in [0.15, 0.2) is 5.65 Å². The normalized spacial score (nSPS) is 13.5. The minimum absolute atomic E-state index is 0.713.